The van der Waals surface area contributed by atoms with E-state index in [-0.39, 0.29) is 17.2 Å². The van der Waals surface area contributed by atoms with Gasteiger partial charge in [-0.15, -0.1) is 0 Å². The van der Waals surface area contributed by atoms with Crippen LogP contribution in [0.2, 0.25) is 0 Å². The number of H-pyrrole nitrogens is 1. The first kappa shape index (κ1) is 11.3. The Morgan fingerprint density at radius 3 is 2.94 bits per heavy atom. The Bertz CT molecular complexity index is 566. The van der Waals surface area contributed by atoms with Gasteiger partial charge in [0.05, 0.1) is 0 Å². The van der Waals surface area contributed by atoms with Crippen LogP contribution < -0.4 is 10.7 Å². The molecule has 2 aliphatic rings. The second-order valence-electron chi connectivity index (χ2n) is 5.57. The number of rotatable bonds is 2. The van der Waals surface area contributed by atoms with Crippen LogP contribution in [0.5, 0.6) is 5.75 Å². The zero-order chi connectivity index (χ0) is 12.9. The minimum absolute atomic E-state index is 0.0473. The first-order chi connectivity index (χ1) is 8.52. The minimum atomic E-state index is -0.541. The number of carbonyl (C=O) groups excluding carboxylic acids is 1. The van der Waals surface area contributed by atoms with Crippen molar-refractivity contribution in [1.29, 1.82) is 0 Å². The van der Waals surface area contributed by atoms with Crippen molar-refractivity contribution in [2.45, 2.75) is 32.2 Å². The Hall–Kier alpha value is -1.78. The molecule has 2 saturated carbocycles. The largest absolute Gasteiger partial charge is 0.503 e. The zero-order valence-corrected chi connectivity index (χ0v) is 10.2. The molecule has 1 aromatic heterocycles. The number of nitrogens with one attached hydrogen (secondary N) is 2. The van der Waals surface area contributed by atoms with Crippen molar-refractivity contribution in [3.8, 4) is 5.75 Å². The van der Waals surface area contributed by atoms with Gasteiger partial charge in [0.15, 0.2) is 11.4 Å². The molecule has 0 radical (unpaired) electrons. The molecule has 3 atom stereocenters. The van der Waals surface area contributed by atoms with Gasteiger partial charge in [0, 0.05) is 18.3 Å². The molecule has 0 aliphatic heterocycles. The van der Waals surface area contributed by atoms with Crippen molar-refractivity contribution in [1.82, 2.24) is 10.3 Å². The van der Waals surface area contributed by atoms with Crippen LogP contribution in [0.4, 0.5) is 0 Å². The van der Waals surface area contributed by atoms with Gasteiger partial charge in [0.25, 0.3) is 5.91 Å². The third-order valence-electron chi connectivity index (χ3n) is 4.75. The highest BCUT2D eigenvalue weighted by atomic mass is 16.3. The fraction of sp³-hybridized carbons (Fsp3) is 0.538. The maximum Gasteiger partial charge on any atom is 0.271 e. The molecule has 0 bridgehead atoms. The molecule has 1 amide bonds. The van der Waals surface area contributed by atoms with Crippen LogP contribution in [0.1, 0.15) is 36.7 Å². The van der Waals surface area contributed by atoms with Crippen molar-refractivity contribution >= 4 is 5.91 Å². The monoisotopic (exact) mass is 248 g/mol. The lowest BCUT2D eigenvalue weighted by atomic mass is 9.46. The second-order valence-corrected chi connectivity index (χ2v) is 5.57. The quantitative estimate of drug-likeness (QED) is 0.730. The number of carbonyl (C=O) groups is 1. The molecule has 18 heavy (non-hydrogen) atoms. The smallest absolute Gasteiger partial charge is 0.271 e. The lowest BCUT2D eigenvalue weighted by Crippen LogP contribution is -2.64. The van der Waals surface area contributed by atoms with E-state index in [1.807, 2.05) is 0 Å². The van der Waals surface area contributed by atoms with E-state index in [0.29, 0.717) is 0 Å². The number of amides is 1. The summed E-state index contributed by atoms with van der Waals surface area (Å²) in [6.45, 7) is 2.18. The first-order valence-electron chi connectivity index (χ1n) is 6.24. The summed E-state index contributed by atoms with van der Waals surface area (Å²) in [5.74, 6) is -0.183. The molecule has 1 heterocycles. The summed E-state index contributed by atoms with van der Waals surface area (Å²) in [7, 11) is 0. The number of aromatic hydroxyl groups is 1. The van der Waals surface area contributed by atoms with Gasteiger partial charge in [0.2, 0.25) is 5.43 Å². The van der Waals surface area contributed by atoms with E-state index in [9.17, 15) is 14.7 Å². The molecule has 0 aromatic carbocycles. The molecule has 5 heteroatoms. The third-order valence-corrected chi connectivity index (χ3v) is 4.75. The van der Waals surface area contributed by atoms with Crippen LogP contribution in [0.3, 0.4) is 0 Å². The maximum atomic E-state index is 12.0. The number of aromatic amines is 1. The lowest BCUT2D eigenvalue weighted by Gasteiger charge is -2.62. The van der Waals surface area contributed by atoms with Gasteiger partial charge >= 0.3 is 0 Å². The highest BCUT2D eigenvalue weighted by Crippen LogP contribution is 2.60. The Morgan fingerprint density at radius 1 is 1.61 bits per heavy atom. The van der Waals surface area contributed by atoms with Gasteiger partial charge in [-0.25, -0.2) is 0 Å². The molecule has 3 N–H and O–H groups in total. The van der Waals surface area contributed by atoms with E-state index in [4.69, 9.17) is 0 Å². The fourth-order valence-electron chi connectivity index (χ4n) is 3.14. The second kappa shape index (κ2) is 3.60. The lowest BCUT2D eigenvalue weighted by molar-refractivity contribution is -0.0922. The molecule has 0 saturated heterocycles. The van der Waals surface area contributed by atoms with Gasteiger partial charge in [-0.05, 0) is 30.6 Å². The Labute approximate surface area is 104 Å². The van der Waals surface area contributed by atoms with Crippen molar-refractivity contribution in [3.63, 3.8) is 0 Å². The average molecular weight is 248 g/mol. The van der Waals surface area contributed by atoms with Crippen molar-refractivity contribution in [2.24, 2.45) is 11.3 Å². The van der Waals surface area contributed by atoms with Gasteiger partial charge in [-0.1, -0.05) is 6.92 Å². The van der Waals surface area contributed by atoms with Crippen LogP contribution >= 0.6 is 0 Å². The molecule has 2 aliphatic carbocycles. The molecular weight excluding hydrogens is 232 g/mol. The van der Waals surface area contributed by atoms with E-state index in [2.05, 4.69) is 17.2 Å². The van der Waals surface area contributed by atoms with Crippen LogP contribution in [0.15, 0.2) is 17.1 Å². The topological polar surface area (TPSA) is 82.2 Å². The van der Waals surface area contributed by atoms with Crippen LogP contribution in [0, 0.1) is 11.3 Å². The van der Waals surface area contributed by atoms with E-state index in [1.165, 1.54) is 18.7 Å². The molecule has 3 unspecified atom stereocenters. The minimum Gasteiger partial charge on any atom is -0.503 e. The van der Waals surface area contributed by atoms with Crippen LogP contribution in [0.25, 0.3) is 0 Å². The molecule has 5 nitrogen and oxygen atoms in total. The highest BCUT2D eigenvalue weighted by Gasteiger charge is 2.57. The average Bonchev–Trinajstić information content (AvgIpc) is 2.35. The molecule has 3 rings (SSSR count). The van der Waals surface area contributed by atoms with Crippen molar-refractivity contribution in [3.05, 3.63) is 28.2 Å². The molecule has 96 valence electrons. The summed E-state index contributed by atoms with van der Waals surface area (Å²) in [6, 6.07) is 1.35. The van der Waals surface area contributed by atoms with Crippen LogP contribution in [-0.2, 0) is 0 Å². The summed E-state index contributed by atoms with van der Waals surface area (Å²) in [5.41, 5.74) is -0.366. The first-order valence-corrected chi connectivity index (χ1v) is 6.24. The number of hydrogen-bond acceptors (Lipinski definition) is 3. The van der Waals surface area contributed by atoms with E-state index in [0.717, 1.165) is 18.8 Å². The van der Waals surface area contributed by atoms with Gasteiger partial charge in [0.1, 0.15) is 0 Å². The van der Waals surface area contributed by atoms with E-state index < -0.39 is 17.1 Å². The van der Waals surface area contributed by atoms with Crippen molar-refractivity contribution < 1.29 is 9.90 Å². The summed E-state index contributed by atoms with van der Waals surface area (Å²) >= 11 is 0. The number of aromatic nitrogens is 1. The Balaban J connectivity index is 1.76. The Kier molecular flexibility index (Phi) is 2.27. The predicted molar refractivity (Wildman–Crippen MR) is 65.4 cm³/mol. The van der Waals surface area contributed by atoms with Gasteiger partial charge < -0.3 is 15.4 Å². The highest BCUT2D eigenvalue weighted by molar-refractivity contribution is 5.95. The summed E-state index contributed by atoms with van der Waals surface area (Å²) < 4.78 is 0. The van der Waals surface area contributed by atoms with Gasteiger partial charge in [-0.2, -0.15) is 0 Å². The fourth-order valence-corrected chi connectivity index (χ4v) is 3.14. The molecule has 1 aromatic rings. The molecule has 2 fully saturated rings. The number of pyridine rings is 1. The van der Waals surface area contributed by atoms with E-state index >= 15 is 0 Å². The molecule has 0 spiro atoms. The standard InChI is InChI=1S/C13H16N2O3/c1-13-4-2-7(13)6-9(13)15-12(18)10-11(17)8(16)3-5-14-10/h3,5,7,9,17H,2,4,6H2,1H3,(H,14,16)(H,15,18). The summed E-state index contributed by atoms with van der Waals surface area (Å²) in [5, 5.41) is 12.5. The summed E-state index contributed by atoms with van der Waals surface area (Å²) in [4.78, 5) is 25.9. The SMILES string of the molecule is CC12CCC1CC2NC(=O)c1[nH]ccc(=O)c1O. The van der Waals surface area contributed by atoms with E-state index in [1.54, 1.807) is 0 Å². The molecular formula is C13H16N2O3. The third kappa shape index (κ3) is 1.39. The summed E-state index contributed by atoms with van der Waals surface area (Å²) in [6.07, 6.45) is 4.75. The Morgan fingerprint density at radius 2 is 2.39 bits per heavy atom. The van der Waals surface area contributed by atoms with Crippen LogP contribution in [-0.4, -0.2) is 22.0 Å². The number of fused-ring (bicyclic) bond motifs is 1. The predicted octanol–water partition coefficient (Wildman–Crippen LogP) is 0.999. The maximum absolute atomic E-state index is 12.0. The number of hydrogen-bond donors (Lipinski definition) is 3. The van der Waals surface area contributed by atoms with Crippen molar-refractivity contribution in [2.75, 3.05) is 0 Å². The van der Waals surface area contributed by atoms with Gasteiger partial charge in [-0.3, -0.25) is 9.59 Å². The normalized spacial score (nSPS) is 32.9. The zero-order valence-electron chi connectivity index (χ0n) is 10.2.